The molecule has 2 unspecified atom stereocenters. The number of nitrogens with zero attached hydrogens (tertiary/aromatic N) is 1. The summed E-state index contributed by atoms with van der Waals surface area (Å²) >= 11 is 6.37. The van der Waals surface area contributed by atoms with Crippen LogP contribution in [0.15, 0.2) is 36.4 Å². The topological polar surface area (TPSA) is 68.2 Å². The van der Waals surface area contributed by atoms with Gasteiger partial charge in [0.15, 0.2) is 11.5 Å². The summed E-state index contributed by atoms with van der Waals surface area (Å²) in [6.07, 6.45) is 2.38. The standard InChI is InChI=1S/C23H28ClNO5/c1-4-30-19-12-11-15(24)14-17(19)21(25-13-6-5-9-18(25)23(26)27)16-8-7-10-20(28-2)22(16)29-3/h7-8,10-12,14,18,21H,4-6,9,13H2,1-3H3,(H,26,27). The van der Waals surface area contributed by atoms with Crippen LogP contribution in [0, 0.1) is 0 Å². The summed E-state index contributed by atoms with van der Waals surface area (Å²) in [6.45, 7) is 3.04. The Morgan fingerprint density at radius 2 is 1.97 bits per heavy atom. The Labute approximate surface area is 182 Å². The van der Waals surface area contributed by atoms with Gasteiger partial charge in [-0.2, -0.15) is 0 Å². The number of methoxy groups -OCH3 is 2. The van der Waals surface area contributed by atoms with Crippen molar-refractivity contribution in [1.82, 2.24) is 4.90 Å². The molecule has 2 atom stereocenters. The maximum atomic E-state index is 12.1. The minimum Gasteiger partial charge on any atom is -0.494 e. The molecule has 0 bridgehead atoms. The van der Waals surface area contributed by atoms with Gasteiger partial charge in [-0.1, -0.05) is 30.2 Å². The number of para-hydroxylation sites is 1. The zero-order valence-corrected chi connectivity index (χ0v) is 18.3. The van der Waals surface area contributed by atoms with Gasteiger partial charge >= 0.3 is 5.97 Å². The minimum atomic E-state index is -0.832. The predicted molar refractivity (Wildman–Crippen MR) is 116 cm³/mol. The highest BCUT2D eigenvalue weighted by Crippen LogP contribution is 2.45. The van der Waals surface area contributed by atoms with Gasteiger partial charge in [-0.3, -0.25) is 9.69 Å². The molecule has 7 heteroatoms. The Bertz CT molecular complexity index is 888. The fraction of sp³-hybridized carbons (Fsp3) is 0.435. The molecule has 1 aliphatic rings. The van der Waals surface area contributed by atoms with Gasteiger partial charge in [0.1, 0.15) is 11.8 Å². The van der Waals surface area contributed by atoms with Crippen molar-refractivity contribution in [2.75, 3.05) is 27.4 Å². The molecule has 0 amide bonds. The van der Waals surface area contributed by atoms with Crippen LogP contribution >= 0.6 is 11.6 Å². The number of piperidine rings is 1. The number of benzene rings is 2. The van der Waals surface area contributed by atoms with Gasteiger partial charge in [0.05, 0.1) is 26.9 Å². The molecule has 162 valence electrons. The number of halogens is 1. The highest BCUT2D eigenvalue weighted by Gasteiger charge is 2.38. The molecule has 0 spiro atoms. The third-order valence-corrected chi connectivity index (χ3v) is 5.69. The van der Waals surface area contributed by atoms with E-state index < -0.39 is 18.1 Å². The molecule has 1 fully saturated rings. The minimum absolute atomic E-state index is 0.420. The lowest BCUT2D eigenvalue weighted by Crippen LogP contribution is -2.47. The van der Waals surface area contributed by atoms with Crippen LogP contribution < -0.4 is 14.2 Å². The number of ether oxygens (including phenoxy) is 3. The average Bonchev–Trinajstić information content (AvgIpc) is 2.75. The highest BCUT2D eigenvalue weighted by molar-refractivity contribution is 6.30. The molecule has 30 heavy (non-hydrogen) atoms. The van der Waals surface area contributed by atoms with Crippen molar-refractivity contribution in [3.63, 3.8) is 0 Å². The Morgan fingerprint density at radius 1 is 1.17 bits per heavy atom. The quantitative estimate of drug-likeness (QED) is 0.645. The summed E-state index contributed by atoms with van der Waals surface area (Å²) in [6, 6.07) is 10.1. The van der Waals surface area contributed by atoms with E-state index in [1.54, 1.807) is 20.3 Å². The molecule has 6 nitrogen and oxygen atoms in total. The molecule has 1 aliphatic heterocycles. The molecule has 1 saturated heterocycles. The summed E-state index contributed by atoms with van der Waals surface area (Å²) in [5.41, 5.74) is 1.62. The van der Waals surface area contributed by atoms with E-state index in [1.807, 2.05) is 42.2 Å². The summed E-state index contributed by atoms with van der Waals surface area (Å²) in [7, 11) is 3.17. The van der Waals surface area contributed by atoms with E-state index in [1.165, 1.54) is 0 Å². The lowest BCUT2D eigenvalue weighted by Gasteiger charge is -2.40. The number of hydrogen-bond acceptors (Lipinski definition) is 5. The first-order valence-corrected chi connectivity index (χ1v) is 10.5. The third-order valence-electron chi connectivity index (χ3n) is 5.46. The molecule has 0 aromatic heterocycles. The average molecular weight is 434 g/mol. The summed E-state index contributed by atoms with van der Waals surface area (Å²) in [5.74, 6) is 0.999. The van der Waals surface area contributed by atoms with Crippen molar-refractivity contribution in [3.05, 3.63) is 52.5 Å². The van der Waals surface area contributed by atoms with Gasteiger partial charge < -0.3 is 19.3 Å². The Morgan fingerprint density at radius 3 is 2.63 bits per heavy atom. The molecule has 0 radical (unpaired) electrons. The van der Waals surface area contributed by atoms with Crippen LogP contribution in [0.3, 0.4) is 0 Å². The number of carboxylic acids is 1. The number of aliphatic carboxylic acids is 1. The fourth-order valence-electron chi connectivity index (χ4n) is 4.20. The van der Waals surface area contributed by atoms with Gasteiger partial charge in [0.25, 0.3) is 0 Å². The van der Waals surface area contributed by atoms with E-state index in [0.29, 0.717) is 41.8 Å². The molecule has 1 N–H and O–H groups in total. The fourth-order valence-corrected chi connectivity index (χ4v) is 4.38. The Balaban J connectivity index is 2.26. The molecule has 2 aromatic carbocycles. The number of carboxylic acid groups (broad SMARTS) is 1. The van der Waals surface area contributed by atoms with Crippen molar-refractivity contribution in [3.8, 4) is 17.2 Å². The molecule has 0 aliphatic carbocycles. The number of rotatable bonds is 8. The number of likely N-dealkylation sites (tertiary alicyclic amines) is 1. The van der Waals surface area contributed by atoms with E-state index in [4.69, 9.17) is 25.8 Å². The van der Waals surface area contributed by atoms with Gasteiger partial charge in [0, 0.05) is 16.1 Å². The molecular formula is C23H28ClNO5. The van der Waals surface area contributed by atoms with E-state index in [9.17, 15) is 9.90 Å². The molecule has 0 saturated carbocycles. The summed E-state index contributed by atoms with van der Waals surface area (Å²) in [4.78, 5) is 14.1. The van der Waals surface area contributed by atoms with Crippen LogP contribution in [-0.4, -0.2) is 49.4 Å². The van der Waals surface area contributed by atoms with Crippen LogP contribution in [0.2, 0.25) is 5.02 Å². The Kier molecular flexibility index (Phi) is 7.45. The van der Waals surface area contributed by atoms with E-state index >= 15 is 0 Å². The van der Waals surface area contributed by atoms with E-state index in [0.717, 1.165) is 24.0 Å². The van der Waals surface area contributed by atoms with Crippen molar-refractivity contribution in [2.24, 2.45) is 0 Å². The van der Waals surface area contributed by atoms with Crippen LogP contribution in [-0.2, 0) is 4.79 Å². The lowest BCUT2D eigenvalue weighted by molar-refractivity contribution is -0.145. The van der Waals surface area contributed by atoms with Gasteiger partial charge in [-0.15, -0.1) is 0 Å². The van der Waals surface area contributed by atoms with Gasteiger partial charge in [-0.05, 0) is 50.6 Å². The molecule has 2 aromatic rings. The van der Waals surface area contributed by atoms with Crippen LogP contribution in [0.25, 0.3) is 0 Å². The van der Waals surface area contributed by atoms with Crippen LogP contribution in [0.5, 0.6) is 17.2 Å². The highest BCUT2D eigenvalue weighted by atomic mass is 35.5. The number of hydrogen-bond donors (Lipinski definition) is 1. The first-order chi connectivity index (χ1) is 14.5. The zero-order valence-electron chi connectivity index (χ0n) is 17.6. The normalized spacial score (nSPS) is 17.9. The maximum absolute atomic E-state index is 12.1. The smallest absolute Gasteiger partial charge is 0.320 e. The first-order valence-electron chi connectivity index (χ1n) is 10.1. The maximum Gasteiger partial charge on any atom is 0.320 e. The third kappa shape index (κ3) is 4.50. The van der Waals surface area contributed by atoms with Crippen molar-refractivity contribution in [1.29, 1.82) is 0 Å². The van der Waals surface area contributed by atoms with Gasteiger partial charge in [0.2, 0.25) is 0 Å². The first kappa shape index (κ1) is 22.2. The molecule has 1 heterocycles. The molecular weight excluding hydrogens is 406 g/mol. The Hall–Kier alpha value is -2.44. The van der Waals surface area contributed by atoms with E-state index in [-0.39, 0.29) is 0 Å². The SMILES string of the molecule is CCOc1ccc(Cl)cc1C(c1cccc(OC)c1OC)N1CCCCC1C(=O)O. The lowest BCUT2D eigenvalue weighted by atomic mass is 9.90. The largest absolute Gasteiger partial charge is 0.494 e. The zero-order chi connectivity index (χ0) is 21.7. The van der Waals surface area contributed by atoms with Crippen molar-refractivity contribution < 1.29 is 24.1 Å². The van der Waals surface area contributed by atoms with Crippen molar-refractivity contribution >= 4 is 17.6 Å². The second kappa shape index (κ2) is 10.0. The second-order valence-electron chi connectivity index (χ2n) is 7.19. The second-order valence-corrected chi connectivity index (χ2v) is 7.62. The van der Waals surface area contributed by atoms with Crippen LogP contribution in [0.4, 0.5) is 0 Å². The monoisotopic (exact) mass is 433 g/mol. The molecule has 3 rings (SSSR count). The van der Waals surface area contributed by atoms with Gasteiger partial charge in [-0.25, -0.2) is 0 Å². The summed E-state index contributed by atoms with van der Waals surface area (Å²) < 4.78 is 17.1. The predicted octanol–water partition coefficient (Wildman–Crippen LogP) is 4.78. The van der Waals surface area contributed by atoms with Crippen molar-refractivity contribution in [2.45, 2.75) is 38.3 Å². The number of carbonyl (C=O) groups is 1. The van der Waals surface area contributed by atoms with Crippen LogP contribution in [0.1, 0.15) is 43.4 Å². The summed E-state index contributed by atoms with van der Waals surface area (Å²) in [5, 5.41) is 10.5. The van der Waals surface area contributed by atoms with E-state index in [2.05, 4.69) is 0 Å².